The molecule has 0 fully saturated rings. The average molecular weight is 274 g/mol. The molecule has 0 spiro atoms. The summed E-state index contributed by atoms with van der Waals surface area (Å²) in [5.74, 6) is 0.424. The fraction of sp³-hybridized carbons (Fsp3) is 0.154. The number of nitrogens with zero attached hydrogens (tertiary/aromatic N) is 3. The first-order chi connectivity index (χ1) is 9.20. The summed E-state index contributed by atoms with van der Waals surface area (Å²) in [6.45, 7) is 1.79. The van der Waals surface area contributed by atoms with Crippen LogP contribution in [0.15, 0.2) is 41.6 Å². The molecule has 0 bridgehead atoms. The minimum absolute atomic E-state index is 0.220. The van der Waals surface area contributed by atoms with Crippen LogP contribution in [0.1, 0.15) is 11.4 Å². The zero-order valence-corrected chi connectivity index (χ0v) is 11.5. The number of hydrogen-bond donors (Lipinski definition) is 1. The largest absolute Gasteiger partial charge is 0.268 e. The van der Waals surface area contributed by atoms with Crippen molar-refractivity contribution >= 4 is 23.7 Å². The molecule has 1 N–H and O–H groups in total. The van der Waals surface area contributed by atoms with Crippen molar-refractivity contribution in [2.75, 3.05) is 11.7 Å². The van der Waals surface area contributed by atoms with Gasteiger partial charge in [-0.05, 0) is 24.8 Å². The topological polar surface area (TPSA) is 59.8 Å². The van der Waals surface area contributed by atoms with Gasteiger partial charge in [-0.15, -0.1) is 10.2 Å². The van der Waals surface area contributed by atoms with Gasteiger partial charge in [0, 0.05) is 6.08 Å². The number of aryl methyl sites for hydroxylation is 1. The third-order valence-corrected chi connectivity index (χ3v) is 3.06. The number of benzene rings is 1. The van der Waals surface area contributed by atoms with Gasteiger partial charge in [0.15, 0.2) is 0 Å². The lowest BCUT2D eigenvalue weighted by Gasteiger charge is -2.06. The molecule has 0 atom stereocenters. The first kappa shape index (κ1) is 13.4. The lowest BCUT2D eigenvalue weighted by molar-refractivity contribution is -0.112. The number of rotatable bonds is 4. The van der Waals surface area contributed by atoms with E-state index in [0.717, 1.165) is 5.56 Å². The van der Waals surface area contributed by atoms with E-state index in [1.54, 1.807) is 17.7 Å². The number of aromatic nitrogens is 3. The van der Waals surface area contributed by atoms with Gasteiger partial charge in [-0.2, -0.15) is 0 Å². The molecule has 0 aliphatic rings. The first-order valence-electron chi connectivity index (χ1n) is 5.71. The van der Waals surface area contributed by atoms with E-state index in [2.05, 4.69) is 15.6 Å². The lowest BCUT2D eigenvalue weighted by Crippen LogP contribution is -2.22. The highest BCUT2D eigenvalue weighted by Gasteiger charge is 2.08. The van der Waals surface area contributed by atoms with Crippen molar-refractivity contribution in [2.24, 2.45) is 0 Å². The maximum Gasteiger partial charge on any atom is 0.262 e. The smallest absolute Gasteiger partial charge is 0.262 e. The van der Waals surface area contributed by atoms with Crippen molar-refractivity contribution in [1.29, 1.82) is 0 Å². The van der Waals surface area contributed by atoms with E-state index in [0.29, 0.717) is 11.0 Å². The lowest BCUT2D eigenvalue weighted by atomic mass is 10.2. The van der Waals surface area contributed by atoms with Gasteiger partial charge in [0.25, 0.3) is 5.91 Å². The molecule has 0 saturated carbocycles. The zero-order chi connectivity index (χ0) is 13.7. The summed E-state index contributed by atoms with van der Waals surface area (Å²) in [6, 6.07) is 9.64. The van der Waals surface area contributed by atoms with Gasteiger partial charge < -0.3 is 0 Å². The molecule has 98 valence electrons. The SMILES string of the molecule is CSc1nnc(C)n1NC(=O)C=Cc1ccccc1. The molecule has 1 aromatic carbocycles. The Morgan fingerprint density at radius 2 is 2.05 bits per heavy atom. The minimum atomic E-state index is -0.220. The molecule has 0 aliphatic heterocycles. The predicted molar refractivity (Wildman–Crippen MR) is 76.4 cm³/mol. The van der Waals surface area contributed by atoms with Crippen molar-refractivity contribution in [2.45, 2.75) is 12.1 Å². The van der Waals surface area contributed by atoms with Crippen molar-refractivity contribution < 1.29 is 4.79 Å². The summed E-state index contributed by atoms with van der Waals surface area (Å²) in [5.41, 5.74) is 3.70. The number of hydrogen-bond acceptors (Lipinski definition) is 4. The second kappa shape index (κ2) is 6.19. The first-order valence-corrected chi connectivity index (χ1v) is 6.93. The number of thioether (sulfide) groups is 1. The quantitative estimate of drug-likeness (QED) is 0.685. The van der Waals surface area contributed by atoms with Crippen LogP contribution in [-0.4, -0.2) is 27.0 Å². The molecule has 2 aromatic rings. The van der Waals surface area contributed by atoms with Gasteiger partial charge in [0.05, 0.1) is 0 Å². The average Bonchev–Trinajstić information content (AvgIpc) is 2.78. The van der Waals surface area contributed by atoms with E-state index in [-0.39, 0.29) is 5.91 Å². The number of carbonyl (C=O) groups is 1. The predicted octanol–water partition coefficient (Wildman–Crippen LogP) is 2.09. The van der Waals surface area contributed by atoms with Crippen LogP contribution in [0.25, 0.3) is 6.08 Å². The molecule has 2 rings (SSSR count). The molecule has 5 nitrogen and oxygen atoms in total. The Morgan fingerprint density at radius 3 is 2.74 bits per heavy atom. The Morgan fingerprint density at radius 1 is 1.32 bits per heavy atom. The Kier molecular flexibility index (Phi) is 4.35. The molecule has 0 radical (unpaired) electrons. The van der Waals surface area contributed by atoms with Gasteiger partial charge in [-0.25, -0.2) is 4.68 Å². The van der Waals surface area contributed by atoms with Gasteiger partial charge >= 0.3 is 0 Å². The Hall–Kier alpha value is -2.08. The van der Waals surface area contributed by atoms with Crippen LogP contribution >= 0.6 is 11.8 Å². The van der Waals surface area contributed by atoms with E-state index in [1.165, 1.54) is 17.8 Å². The third kappa shape index (κ3) is 3.45. The Bertz CT molecular complexity index is 592. The van der Waals surface area contributed by atoms with Crippen LogP contribution in [-0.2, 0) is 4.79 Å². The second-order valence-electron chi connectivity index (χ2n) is 3.79. The molecule has 1 amide bonds. The molecule has 1 heterocycles. The fourth-order valence-corrected chi connectivity index (χ4v) is 1.97. The van der Waals surface area contributed by atoms with Gasteiger partial charge in [0.1, 0.15) is 5.82 Å². The summed E-state index contributed by atoms with van der Waals surface area (Å²) < 4.78 is 1.57. The number of amides is 1. The molecule has 6 heteroatoms. The summed E-state index contributed by atoms with van der Waals surface area (Å²) in [4.78, 5) is 11.8. The maximum absolute atomic E-state index is 11.8. The van der Waals surface area contributed by atoms with Crippen molar-refractivity contribution in [1.82, 2.24) is 14.9 Å². The van der Waals surface area contributed by atoms with Crippen molar-refractivity contribution in [3.63, 3.8) is 0 Å². The summed E-state index contributed by atoms with van der Waals surface area (Å²) in [6.07, 6.45) is 5.12. The van der Waals surface area contributed by atoms with Crippen LogP contribution in [0.2, 0.25) is 0 Å². The summed E-state index contributed by atoms with van der Waals surface area (Å²) in [7, 11) is 0. The van der Waals surface area contributed by atoms with E-state index in [9.17, 15) is 4.79 Å². The molecular formula is C13H14N4OS. The van der Waals surface area contributed by atoms with Crippen LogP contribution < -0.4 is 5.43 Å². The van der Waals surface area contributed by atoms with Crippen LogP contribution in [0.5, 0.6) is 0 Å². The van der Waals surface area contributed by atoms with E-state index < -0.39 is 0 Å². The van der Waals surface area contributed by atoms with E-state index in [1.807, 2.05) is 36.6 Å². The molecule has 19 heavy (non-hydrogen) atoms. The zero-order valence-electron chi connectivity index (χ0n) is 10.7. The van der Waals surface area contributed by atoms with Crippen molar-refractivity contribution in [3.8, 4) is 0 Å². The molecule has 1 aromatic heterocycles. The Balaban J connectivity index is 2.05. The number of nitrogens with one attached hydrogen (secondary N) is 1. The standard InChI is InChI=1S/C13H14N4OS/c1-10-14-15-13(19-2)17(10)16-12(18)9-8-11-6-4-3-5-7-11/h3-9H,1-2H3,(H,16,18). The Labute approximate surface area is 115 Å². The third-order valence-electron chi connectivity index (χ3n) is 2.43. The van der Waals surface area contributed by atoms with Crippen LogP contribution in [0.4, 0.5) is 0 Å². The van der Waals surface area contributed by atoms with Crippen molar-refractivity contribution in [3.05, 3.63) is 47.8 Å². The summed E-state index contributed by atoms with van der Waals surface area (Å²) in [5, 5.41) is 8.51. The molecule has 0 unspecified atom stereocenters. The molecular weight excluding hydrogens is 260 g/mol. The normalized spacial score (nSPS) is 10.8. The second-order valence-corrected chi connectivity index (χ2v) is 4.56. The van der Waals surface area contributed by atoms with Crippen LogP contribution in [0.3, 0.4) is 0 Å². The molecule has 0 saturated heterocycles. The fourth-order valence-electron chi connectivity index (χ4n) is 1.49. The van der Waals surface area contributed by atoms with Gasteiger partial charge in [0.2, 0.25) is 5.16 Å². The minimum Gasteiger partial charge on any atom is -0.268 e. The summed E-state index contributed by atoms with van der Waals surface area (Å²) >= 11 is 1.42. The van der Waals surface area contributed by atoms with Gasteiger partial charge in [-0.3, -0.25) is 10.2 Å². The highest BCUT2D eigenvalue weighted by molar-refractivity contribution is 7.98. The maximum atomic E-state index is 11.8. The highest BCUT2D eigenvalue weighted by atomic mass is 32.2. The molecule has 0 aliphatic carbocycles. The van der Waals surface area contributed by atoms with Gasteiger partial charge in [-0.1, -0.05) is 42.1 Å². The highest BCUT2D eigenvalue weighted by Crippen LogP contribution is 2.11. The monoisotopic (exact) mass is 274 g/mol. The number of carbonyl (C=O) groups excluding carboxylic acids is 1. The van der Waals surface area contributed by atoms with Crippen LogP contribution in [0, 0.1) is 6.92 Å². The van der Waals surface area contributed by atoms with E-state index >= 15 is 0 Å². The van der Waals surface area contributed by atoms with E-state index in [4.69, 9.17) is 0 Å².